The minimum Gasteiger partial charge on any atom is -0.481 e. The number of carbonyl (C=O) groups is 3. The Morgan fingerprint density at radius 3 is 2.24 bits per heavy atom. The number of rotatable bonds is 7. The van der Waals surface area contributed by atoms with Crippen molar-refractivity contribution in [3.63, 3.8) is 0 Å². The number of carbonyl (C=O) groups excluding carboxylic acids is 2. The third-order valence-corrected chi connectivity index (χ3v) is 8.25. The van der Waals surface area contributed by atoms with Crippen LogP contribution in [-0.2, 0) is 14.3 Å². The molecule has 3 N–H and O–H groups in total. The lowest BCUT2D eigenvalue weighted by Gasteiger charge is -2.22. The molecule has 3 saturated carbocycles. The summed E-state index contributed by atoms with van der Waals surface area (Å²) in [5, 5.41) is 15.1. The van der Waals surface area contributed by atoms with Gasteiger partial charge in [0, 0.05) is 12.0 Å². The fourth-order valence-electron chi connectivity index (χ4n) is 6.25. The minimum atomic E-state index is -0.885. The van der Waals surface area contributed by atoms with Crippen LogP contribution < -0.4 is 10.6 Å². The predicted molar refractivity (Wildman–Crippen MR) is 124 cm³/mol. The van der Waals surface area contributed by atoms with E-state index in [1.807, 2.05) is 24.3 Å². The van der Waals surface area contributed by atoms with E-state index in [-0.39, 0.29) is 36.8 Å². The number of hydrogen-bond donors (Lipinski definition) is 3. The zero-order valence-corrected chi connectivity index (χ0v) is 18.9. The summed E-state index contributed by atoms with van der Waals surface area (Å²) in [5.74, 6) is -0.680. The molecule has 0 radical (unpaired) electrons. The van der Waals surface area contributed by atoms with Crippen molar-refractivity contribution in [2.75, 3.05) is 6.61 Å². The summed E-state index contributed by atoms with van der Waals surface area (Å²) in [6.07, 6.45) is 3.10. The van der Waals surface area contributed by atoms with Gasteiger partial charge in [0.25, 0.3) is 0 Å². The maximum Gasteiger partial charge on any atom is 0.407 e. The van der Waals surface area contributed by atoms with Gasteiger partial charge in [0.2, 0.25) is 5.91 Å². The first-order valence-electron chi connectivity index (χ1n) is 12.1. The molecule has 0 bridgehead atoms. The lowest BCUT2D eigenvalue weighted by atomic mass is 9.98. The number of carboxylic acid groups (broad SMARTS) is 1. The van der Waals surface area contributed by atoms with Gasteiger partial charge in [-0.05, 0) is 60.3 Å². The van der Waals surface area contributed by atoms with Gasteiger partial charge in [-0.2, -0.15) is 0 Å². The second-order valence-corrected chi connectivity index (χ2v) is 10.5. The van der Waals surface area contributed by atoms with Crippen molar-refractivity contribution in [3.05, 3.63) is 59.7 Å². The molecule has 3 atom stereocenters. The number of amides is 2. The summed E-state index contributed by atoms with van der Waals surface area (Å²) >= 11 is 0. The molecule has 3 fully saturated rings. The molecule has 0 unspecified atom stereocenters. The first kappa shape index (κ1) is 21.2. The Balaban J connectivity index is 1.05. The molecule has 0 spiro atoms. The molecule has 7 nitrogen and oxygen atoms in total. The van der Waals surface area contributed by atoms with Gasteiger partial charge >= 0.3 is 12.1 Å². The zero-order valence-electron chi connectivity index (χ0n) is 18.9. The third-order valence-electron chi connectivity index (χ3n) is 8.25. The second kappa shape index (κ2) is 7.58. The number of nitrogens with one attached hydrogen (secondary N) is 2. The second-order valence-electron chi connectivity index (χ2n) is 10.5. The summed E-state index contributed by atoms with van der Waals surface area (Å²) < 4.78 is 5.66. The average Bonchev–Trinajstić information content (AvgIpc) is 3.65. The van der Waals surface area contributed by atoms with E-state index in [9.17, 15) is 14.4 Å². The van der Waals surface area contributed by atoms with Gasteiger partial charge in [-0.15, -0.1) is 0 Å². The highest BCUT2D eigenvalue weighted by molar-refractivity contribution is 5.88. The lowest BCUT2D eigenvalue weighted by molar-refractivity contribution is -0.138. The predicted octanol–water partition coefficient (Wildman–Crippen LogP) is 3.82. The summed E-state index contributed by atoms with van der Waals surface area (Å²) in [5.41, 5.74) is 3.69. The van der Waals surface area contributed by atoms with Crippen molar-refractivity contribution in [1.29, 1.82) is 0 Å². The molecule has 2 amide bonds. The summed E-state index contributed by atoms with van der Waals surface area (Å²) in [6, 6.07) is 16.3. The normalized spacial score (nSPS) is 27.2. The molecule has 176 valence electrons. The quantitative estimate of drug-likeness (QED) is 0.583. The molecule has 2 aromatic rings. The van der Waals surface area contributed by atoms with Gasteiger partial charge in [0.05, 0.1) is 17.4 Å². The van der Waals surface area contributed by atoms with Gasteiger partial charge < -0.3 is 20.5 Å². The van der Waals surface area contributed by atoms with E-state index in [1.54, 1.807) is 0 Å². The molecule has 0 heterocycles. The number of aliphatic carboxylic acids is 1. The molecule has 2 aromatic carbocycles. The van der Waals surface area contributed by atoms with Crippen LogP contribution >= 0.6 is 0 Å². The van der Waals surface area contributed by atoms with E-state index in [0.717, 1.165) is 12.8 Å². The zero-order chi connectivity index (χ0) is 23.5. The van der Waals surface area contributed by atoms with E-state index in [1.165, 1.54) is 22.3 Å². The number of fused-ring (bicyclic) bond motifs is 4. The van der Waals surface area contributed by atoms with Crippen LogP contribution in [0.2, 0.25) is 0 Å². The third kappa shape index (κ3) is 3.54. The molecule has 34 heavy (non-hydrogen) atoms. The van der Waals surface area contributed by atoms with E-state index in [4.69, 9.17) is 9.84 Å². The van der Waals surface area contributed by atoms with E-state index in [2.05, 4.69) is 34.9 Å². The Hall–Kier alpha value is -3.35. The van der Waals surface area contributed by atoms with Gasteiger partial charge in [-0.1, -0.05) is 48.5 Å². The summed E-state index contributed by atoms with van der Waals surface area (Å²) in [7, 11) is 0. The SMILES string of the molecule is O=C(O)CC1(NC(=O)[C@@]23C[C@@H](NC(=O)OCC4c5ccccc5-c5ccccc54)C[C@@H]2C3)CC1. The van der Waals surface area contributed by atoms with Crippen molar-refractivity contribution in [2.45, 2.75) is 56.0 Å². The van der Waals surface area contributed by atoms with Crippen LogP contribution in [0.5, 0.6) is 0 Å². The molecule has 0 aliphatic heterocycles. The molecular weight excluding hydrogens is 432 g/mol. The van der Waals surface area contributed by atoms with Crippen LogP contribution in [0.15, 0.2) is 48.5 Å². The molecule has 4 aliphatic carbocycles. The summed E-state index contributed by atoms with van der Waals surface area (Å²) in [6.45, 7) is 0.263. The monoisotopic (exact) mass is 460 g/mol. The van der Waals surface area contributed by atoms with Crippen LogP contribution in [0.4, 0.5) is 4.79 Å². The van der Waals surface area contributed by atoms with Crippen molar-refractivity contribution in [2.24, 2.45) is 11.3 Å². The molecule has 4 aliphatic rings. The van der Waals surface area contributed by atoms with Crippen LogP contribution in [0, 0.1) is 11.3 Å². The standard InChI is InChI=1S/C27H28N2O5/c30-23(31)14-26(9-10-26)29-24(32)27-12-16(27)11-17(13-27)28-25(33)34-15-22-20-7-3-1-5-18(20)19-6-2-4-8-21(19)22/h1-8,16-17,22H,9-15H2,(H,28,33)(H,29,32)(H,30,31)/t16-,17+,27+/m1/s1. The number of hydrogen-bond acceptors (Lipinski definition) is 4. The van der Waals surface area contributed by atoms with Crippen LogP contribution in [-0.4, -0.2) is 41.3 Å². The van der Waals surface area contributed by atoms with Crippen molar-refractivity contribution >= 4 is 18.0 Å². The van der Waals surface area contributed by atoms with Crippen LogP contribution in [0.25, 0.3) is 11.1 Å². The number of alkyl carbamates (subject to hydrolysis) is 1. The Morgan fingerprint density at radius 2 is 1.62 bits per heavy atom. The van der Waals surface area contributed by atoms with E-state index in [0.29, 0.717) is 19.3 Å². The summed E-state index contributed by atoms with van der Waals surface area (Å²) in [4.78, 5) is 36.7. The minimum absolute atomic E-state index is 0.0104. The van der Waals surface area contributed by atoms with Crippen molar-refractivity contribution < 1.29 is 24.2 Å². The van der Waals surface area contributed by atoms with E-state index < -0.39 is 23.0 Å². The van der Waals surface area contributed by atoms with Gasteiger partial charge in [-0.3, -0.25) is 9.59 Å². The maximum atomic E-state index is 13.0. The molecule has 7 heteroatoms. The Bertz CT molecular complexity index is 1140. The first-order chi connectivity index (χ1) is 16.4. The number of ether oxygens (including phenoxy) is 1. The Morgan fingerprint density at radius 1 is 0.971 bits per heavy atom. The van der Waals surface area contributed by atoms with Crippen LogP contribution in [0.1, 0.15) is 55.6 Å². The number of benzene rings is 2. The molecule has 6 rings (SSSR count). The van der Waals surface area contributed by atoms with Gasteiger partial charge in [-0.25, -0.2) is 4.79 Å². The number of carboxylic acids is 1. The largest absolute Gasteiger partial charge is 0.481 e. The van der Waals surface area contributed by atoms with E-state index >= 15 is 0 Å². The highest BCUT2D eigenvalue weighted by atomic mass is 16.5. The van der Waals surface area contributed by atoms with Crippen LogP contribution in [0.3, 0.4) is 0 Å². The maximum absolute atomic E-state index is 13.0. The first-order valence-corrected chi connectivity index (χ1v) is 12.1. The van der Waals surface area contributed by atoms with Gasteiger partial charge in [0.1, 0.15) is 6.61 Å². The highest BCUT2D eigenvalue weighted by Gasteiger charge is 2.66. The fraction of sp³-hybridized carbons (Fsp3) is 0.444. The lowest BCUT2D eigenvalue weighted by Crippen LogP contribution is -2.44. The topological polar surface area (TPSA) is 105 Å². The molecular formula is C27H28N2O5. The Labute approximate surface area is 197 Å². The smallest absolute Gasteiger partial charge is 0.407 e. The van der Waals surface area contributed by atoms with Crippen molar-refractivity contribution in [3.8, 4) is 11.1 Å². The molecule has 0 saturated heterocycles. The van der Waals surface area contributed by atoms with Crippen molar-refractivity contribution in [1.82, 2.24) is 10.6 Å². The fourth-order valence-corrected chi connectivity index (χ4v) is 6.25. The Kier molecular flexibility index (Phi) is 4.73. The average molecular weight is 461 g/mol. The molecule has 0 aromatic heterocycles. The van der Waals surface area contributed by atoms with Gasteiger partial charge in [0.15, 0.2) is 0 Å². The highest BCUT2D eigenvalue weighted by Crippen LogP contribution is 2.64.